The van der Waals surface area contributed by atoms with Crippen LogP contribution in [0.1, 0.15) is 29.3 Å². The summed E-state index contributed by atoms with van der Waals surface area (Å²) in [4.78, 5) is 20.8. The lowest BCUT2D eigenvalue weighted by atomic mass is 10.1. The van der Waals surface area contributed by atoms with Gasteiger partial charge in [0, 0.05) is 57.3 Å². The van der Waals surface area contributed by atoms with Gasteiger partial charge in [0.15, 0.2) is 5.96 Å². The quantitative estimate of drug-likeness (QED) is 0.401. The number of aromatic carboxylic acids is 1. The molecule has 1 saturated heterocycles. The Labute approximate surface area is 184 Å². The maximum atomic E-state index is 11.3. The molecule has 0 saturated carbocycles. The number of piperazine rings is 1. The minimum atomic E-state index is -0.942. The monoisotopic (exact) mass is 424 g/mol. The van der Waals surface area contributed by atoms with Crippen LogP contribution in [0.4, 0.5) is 11.4 Å². The third-order valence-electron chi connectivity index (χ3n) is 5.39. The van der Waals surface area contributed by atoms with Crippen molar-refractivity contribution in [1.29, 1.82) is 0 Å². The molecular weight excluding hydrogens is 392 g/mol. The molecule has 0 aromatic heterocycles. The van der Waals surface area contributed by atoms with Crippen LogP contribution in [-0.4, -0.2) is 67.9 Å². The molecule has 0 bridgehead atoms. The average Bonchev–Trinajstić information content (AvgIpc) is 2.76. The normalized spacial score (nSPS) is 17.0. The van der Waals surface area contributed by atoms with E-state index in [0.29, 0.717) is 19.2 Å². The molecule has 0 spiro atoms. The minimum Gasteiger partial charge on any atom is -0.478 e. The number of anilines is 2. The SMILES string of the molecule is COCCCN=C(Nc1cccc(C(=O)O)c1)N1CCN(c2cccc(C)c2)C(C)C1. The molecule has 2 aromatic rings. The second-order valence-electron chi connectivity index (χ2n) is 7.89. The van der Waals surface area contributed by atoms with E-state index in [9.17, 15) is 9.90 Å². The number of guanidine groups is 1. The van der Waals surface area contributed by atoms with Gasteiger partial charge < -0.3 is 25.0 Å². The zero-order valence-corrected chi connectivity index (χ0v) is 18.5. The smallest absolute Gasteiger partial charge is 0.335 e. The molecule has 1 aliphatic heterocycles. The van der Waals surface area contributed by atoms with E-state index in [-0.39, 0.29) is 5.56 Å². The molecule has 1 aliphatic rings. The number of benzene rings is 2. The van der Waals surface area contributed by atoms with Crippen LogP contribution < -0.4 is 10.2 Å². The van der Waals surface area contributed by atoms with Gasteiger partial charge in [-0.3, -0.25) is 4.99 Å². The van der Waals surface area contributed by atoms with Crippen LogP contribution >= 0.6 is 0 Å². The van der Waals surface area contributed by atoms with Crippen molar-refractivity contribution in [2.75, 3.05) is 50.1 Å². The highest BCUT2D eigenvalue weighted by molar-refractivity contribution is 5.96. The number of carboxylic acids is 1. The van der Waals surface area contributed by atoms with Gasteiger partial charge in [-0.15, -0.1) is 0 Å². The third kappa shape index (κ3) is 6.21. The highest BCUT2D eigenvalue weighted by atomic mass is 16.5. The van der Waals surface area contributed by atoms with Crippen molar-refractivity contribution in [3.05, 3.63) is 59.7 Å². The molecule has 7 nitrogen and oxygen atoms in total. The summed E-state index contributed by atoms with van der Waals surface area (Å²) in [7, 11) is 1.69. The van der Waals surface area contributed by atoms with E-state index >= 15 is 0 Å². The van der Waals surface area contributed by atoms with Crippen LogP contribution in [0.25, 0.3) is 0 Å². The number of carboxylic acid groups (broad SMARTS) is 1. The van der Waals surface area contributed by atoms with Gasteiger partial charge in [-0.1, -0.05) is 18.2 Å². The summed E-state index contributed by atoms with van der Waals surface area (Å²) in [5.41, 5.74) is 3.47. The van der Waals surface area contributed by atoms with Gasteiger partial charge in [-0.2, -0.15) is 0 Å². The first-order valence-electron chi connectivity index (χ1n) is 10.7. The number of methoxy groups -OCH3 is 1. The first-order valence-corrected chi connectivity index (χ1v) is 10.7. The lowest BCUT2D eigenvalue weighted by molar-refractivity contribution is 0.0697. The number of nitrogens with one attached hydrogen (secondary N) is 1. The molecule has 166 valence electrons. The van der Waals surface area contributed by atoms with E-state index in [2.05, 4.69) is 53.2 Å². The van der Waals surface area contributed by atoms with Gasteiger partial charge in [0.05, 0.1) is 5.56 Å². The summed E-state index contributed by atoms with van der Waals surface area (Å²) in [5, 5.41) is 12.7. The summed E-state index contributed by atoms with van der Waals surface area (Å²) in [6.07, 6.45) is 0.829. The lowest BCUT2D eigenvalue weighted by Crippen LogP contribution is -2.55. The molecular formula is C24H32N4O3. The molecule has 1 unspecified atom stereocenters. The van der Waals surface area contributed by atoms with E-state index in [1.807, 2.05) is 6.07 Å². The molecule has 31 heavy (non-hydrogen) atoms. The first kappa shape index (κ1) is 22.6. The summed E-state index contributed by atoms with van der Waals surface area (Å²) >= 11 is 0. The van der Waals surface area contributed by atoms with Crippen LogP contribution in [0.5, 0.6) is 0 Å². The second kappa shape index (κ2) is 10.8. The van der Waals surface area contributed by atoms with Crippen molar-refractivity contribution < 1.29 is 14.6 Å². The molecule has 3 rings (SSSR count). The van der Waals surface area contributed by atoms with E-state index < -0.39 is 5.97 Å². The zero-order valence-electron chi connectivity index (χ0n) is 18.5. The molecule has 1 fully saturated rings. The van der Waals surface area contributed by atoms with Gasteiger partial charge in [0.1, 0.15) is 0 Å². The summed E-state index contributed by atoms with van der Waals surface area (Å²) in [5.74, 6) is -0.169. The van der Waals surface area contributed by atoms with E-state index in [0.717, 1.165) is 37.7 Å². The molecule has 0 aliphatic carbocycles. The molecule has 0 radical (unpaired) electrons. The molecule has 2 N–H and O–H groups in total. The van der Waals surface area contributed by atoms with Crippen molar-refractivity contribution in [2.45, 2.75) is 26.3 Å². The Morgan fingerprint density at radius 2 is 2.03 bits per heavy atom. The van der Waals surface area contributed by atoms with Crippen LogP contribution in [0.2, 0.25) is 0 Å². The zero-order chi connectivity index (χ0) is 22.2. The van der Waals surface area contributed by atoms with Crippen LogP contribution in [0.15, 0.2) is 53.5 Å². The third-order valence-corrected chi connectivity index (χ3v) is 5.39. The number of ether oxygens (including phenoxy) is 1. The van der Waals surface area contributed by atoms with Gasteiger partial charge >= 0.3 is 5.97 Å². The first-order chi connectivity index (χ1) is 15.0. The second-order valence-corrected chi connectivity index (χ2v) is 7.89. The van der Waals surface area contributed by atoms with Gasteiger partial charge in [0.2, 0.25) is 0 Å². The van der Waals surface area contributed by atoms with Crippen LogP contribution in [-0.2, 0) is 4.74 Å². The van der Waals surface area contributed by atoms with Crippen molar-refractivity contribution in [2.24, 2.45) is 4.99 Å². The predicted molar refractivity (Wildman–Crippen MR) is 125 cm³/mol. The van der Waals surface area contributed by atoms with E-state index in [4.69, 9.17) is 9.73 Å². The number of hydrogen-bond acceptors (Lipinski definition) is 4. The van der Waals surface area contributed by atoms with Gasteiger partial charge in [-0.25, -0.2) is 4.79 Å². The van der Waals surface area contributed by atoms with Crippen molar-refractivity contribution >= 4 is 23.3 Å². The van der Waals surface area contributed by atoms with Crippen LogP contribution in [0.3, 0.4) is 0 Å². The number of nitrogens with zero attached hydrogens (tertiary/aromatic N) is 3. The molecule has 2 aromatic carbocycles. The Morgan fingerprint density at radius 1 is 1.23 bits per heavy atom. The Balaban J connectivity index is 1.75. The summed E-state index contributed by atoms with van der Waals surface area (Å²) < 4.78 is 5.14. The number of aliphatic imine (C=N–C) groups is 1. The standard InChI is InChI=1S/C24H32N4O3/c1-18-7-4-10-22(15-18)28-13-12-27(17-19(28)2)24(25-11-6-14-31-3)26-21-9-5-8-20(16-21)23(29)30/h4-5,7-10,15-16,19H,6,11-14,17H2,1-3H3,(H,25,26)(H,29,30). The molecule has 1 atom stereocenters. The number of rotatable bonds is 7. The maximum Gasteiger partial charge on any atom is 0.335 e. The van der Waals surface area contributed by atoms with E-state index in [1.54, 1.807) is 25.3 Å². The van der Waals surface area contributed by atoms with Crippen molar-refractivity contribution in [1.82, 2.24) is 4.90 Å². The van der Waals surface area contributed by atoms with Crippen LogP contribution in [0, 0.1) is 6.92 Å². The van der Waals surface area contributed by atoms with Crippen molar-refractivity contribution in [3.8, 4) is 0 Å². The summed E-state index contributed by atoms with van der Waals surface area (Å²) in [6.45, 7) is 8.17. The largest absolute Gasteiger partial charge is 0.478 e. The molecule has 1 heterocycles. The highest BCUT2D eigenvalue weighted by Gasteiger charge is 2.26. The maximum absolute atomic E-state index is 11.3. The predicted octanol–water partition coefficient (Wildman–Crippen LogP) is 3.71. The fourth-order valence-electron chi connectivity index (χ4n) is 3.81. The number of aryl methyl sites for hydroxylation is 1. The fraction of sp³-hybridized carbons (Fsp3) is 0.417. The minimum absolute atomic E-state index is 0.251. The Morgan fingerprint density at radius 3 is 2.74 bits per heavy atom. The lowest BCUT2D eigenvalue weighted by Gasteiger charge is -2.42. The van der Waals surface area contributed by atoms with Gasteiger partial charge in [-0.05, 0) is 56.2 Å². The average molecular weight is 425 g/mol. The Kier molecular flexibility index (Phi) is 7.89. The number of hydrogen-bond donors (Lipinski definition) is 2. The number of carbonyl (C=O) groups is 1. The molecule has 7 heteroatoms. The molecule has 0 amide bonds. The van der Waals surface area contributed by atoms with Gasteiger partial charge in [0.25, 0.3) is 0 Å². The highest BCUT2D eigenvalue weighted by Crippen LogP contribution is 2.22. The van der Waals surface area contributed by atoms with E-state index in [1.165, 1.54) is 11.3 Å². The topological polar surface area (TPSA) is 77.4 Å². The Bertz CT molecular complexity index is 915. The fourth-order valence-corrected chi connectivity index (χ4v) is 3.81. The Hall–Kier alpha value is -3.06. The van der Waals surface area contributed by atoms with Crippen molar-refractivity contribution in [3.63, 3.8) is 0 Å². The summed E-state index contributed by atoms with van der Waals surface area (Å²) in [6, 6.07) is 15.7.